The Balaban J connectivity index is 1.64. The summed E-state index contributed by atoms with van der Waals surface area (Å²) >= 11 is 3.37. The summed E-state index contributed by atoms with van der Waals surface area (Å²) in [5, 5.41) is 2.86. The van der Waals surface area contributed by atoms with E-state index in [0.717, 1.165) is 29.5 Å². The maximum atomic E-state index is 12.4. The minimum absolute atomic E-state index is 0.131. The molecule has 5 nitrogen and oxygen atoms in total. The summed E-state index contributed by atoms with van der Waals surface area (Å²) in [5.41, 5.74) is 1.46. The van der Waals surface area contributed by atoms with E-state index < -0.39 is 6.10 Å². The molecule has 6 heteroatoms. The molecule has 0 saturated carbocycles. The van der Waals surface area contributed by atoms with E-state index in [-0.39, 0.29) is 11.8 Å². The lowest BCUT2D eigenvalue weighted by Gasteiger charge is -2.27. The number of nitrogens with one attached hydrogen (secondary N) is 1. The first-order valence-corrected chi connectivity index (χ1v) is 9.46. The van der Waals surface area contributed by atoms with Gasteiger partial charge in [0, 0.05) is 28.8 Å². The molecule has 1 saturated heterocycles. The Morgan fingerprint density at radius 2 is 1.96 bits per heavy atom. The summed E-state index contributed by atoms with van der Waals surface area (Å²) in [7, 11) is 0. The first-order chi connectivity index (χ1) is 12.5. The number of benzene rings is 2. The summed E-state index contributed by atoms with van der Waals surface area (Å²) in [4.78, 5) is 26.3. The summed E-state index contributed by atoms with van der Waals surface area (Å²) in [6.45, 7) is 2.43. The topological polar surface area (TPSA) is 58.6 Å². The summed E-state index contributed by atoms with van der Waals surface area (Å²) in [6, 6.07) is 14.7. The van der Waals surface area contributed by atoms with Crippen LogP contribution in [-0.4, -0.2) is 24.5 Å². The minimum Gasteiger partial charge on any atom is -0.481 e. The van der Waals surface area contributed by atoms with Gasteiger partial charge in [-0.15, -0.1) is 0 Å². The average molecular weight is 417 g/mol. The first kappa shape index (κ1) is 18.5. The molecule has 0 aliphatic carbocycles. The van der Waals surface area contributed by atoms with E-state index >= 15 is 0 Å². The van der Waals surface area contributed by atoms with Crippen LogP contribution in [0.2, 0.25) is 0 Å². The number of ether oxygens (including phenoxy) is 1. The maximum absolute atomic E-state index is 12.4. The van der Waals surface area contributed by atoms with Crippen LogP contribution in [0.3, 0.4) is 0 Å². The Hall–Kier alpha value is -2.34. The third kappa shape index (κ3) is 4.64. The monoisotopic (exact) mass is 416 g/mol. The predicted molar refractivity (Wildman–Crippen MR) is 106 cm³/mol. The molecule has 1 aliphatic rings. The fraction of sp³-hybridized carbons (Fsp3) is 0.300. The Labute approximate surface area is 161 Å². The number of nitrogens with zero attached hydrogens (tertiary/aromatic N) is 1. The number of amides is 2. The minimum atomic E-state index is -0.642. The molecule has 2 aromatic carbocycles. The Morgan fingerprint density at radius 3 is 2.69 bits per heavy atom. The molecule has 1 N–H and O–H groups in total. The quantitative estimate of drug-likeness (QED) is 0.786. The number of hydrogen-bond acceptors (Lipinski definition) is 3. The predicted octanol–water partition coefficient (Wildman–Crippen LogP) is 4.37. The Bertz CT molecular complexity index is 792. The molecule has 0 bridgehead atoms. The van der Waals surface area contributed by atoms with Gasteiger partial charge in [0.2, 0.25) is 5.91 Å². The van der Waals surface area contributed by atoms with Crippen LogP contribution in [0.1, 0.15) is 26.2 Å². The highest BCUT2D eigenvalue weighted by atomic mass is 79.9. The van der Waals surface area contributed by atoms with Crippen LogP contribution < -0.4 is 15.0 Å². The zero-order chi connectivity index (χ0) is 18.5. The van der Waals surface area contributed by atoms with Crippen molar-refractivity contribution in [1.82, 2.24) is 0 Å². The molecule has 1 fully saturated rings. The number of carbonyl (C=O) groups is 2. The van der Waals surface area contributed by atoms with Crippen LogP contribution in [0.4, 0.5) is 11.4 Å². The van der Waals surface area contributed by atoms with Crippen LogP contribution in [-0.2, 0) is 9.59 Å². The number of anilines is 2. The van der Waals surface area contributed by atoms with Gasteiger partial charge < -0.3 is 15.0 Å². The van der Waals surface area contributed by atoms with Gasteiger partial charge in [-0.2, -0.15) is 0 Å². The van der Waals surface area contributed by atoms with Gasteiger partial charge in [0.1, 0.15) is 5.75 Å². The molecular formula is C20H21BrN2O3. The maximum Gasteiger partial charge on any atom is 0.265 e. The summed E-state index contributed by atoms with van der Waals surface area (Å²) in [6.07, 6.45) is 1.88. The SMILES string of the molecule is CC(Oc1ccc(Br)cc1)C(=O)Nc1cccc(N2CCCCC2=O)c1. The molecule has 1 heterocycles. The smallest absolute Gasteiger partial charge is 0.265 e. The third-order valence-electron chi connectivity index (χ3n) is 4.24. The van der Waals surface area contributed by atoms with Crippen LogP contribution in [0, 0.1) is 0 Å². The van der Waals surface area contributed by atoms with E-state index in [1.54, 1.807) is 24.0 Å². The van der Waals surface area contributed by atoms with Crippen molar-refractivity contribution < 1.29 is 14.3 Å². The van der Waals surface area contributed by atoms with Gasteiger partial charge in [0.15, 0.2) is 6.10 Å². The molecule has 3 rings (SSSR count). The standard InChI is InChI=1S/C20H21BrN2O3/c1-14(26-18-10-8-15(21)9-11-18)20(25)22-16-5-4-6-17(13-16)23-12-3-2-7-19(23)24/h4-6,8-11,13-14H,2-3,7,12H2,1H3,(H,22,25). The van der Waals surface area contributed by atoms with E-state index in [2.05, 4.69) is 21.2 Å². The highest BCUT2D eigenvalue weighted by molar-refractivity contribution is 9.10. The zero-order valence-electron chi connectivity index (χ0n) is 14.6. The van der Waals surface area contributed by atoms with Gasteiger partial charge >= 0.3 is 0 Å². The van der Waals surface area contributed by atoms with Gasteiger partial charge in [-0.05, 0) is 62.2 Å². The molecule has 1 aliphatic heterocycles. The first-order valence-electron chi connectivity index (χ1n) is 8.66. The van der Waals surface area contributed by atoms with Gasteiger partial charge in [0.25, 0.3) is 5.91 Å². The van der Waals surface area contributed by atoms with E-state index in [4.69, 9.17) is 4.74 Å². The van der Waals surface area contributed by atoms with Crippen molar-refractivity contribution in [2.45, 2.75) is 32.3 Å². The van der Waals surface area contributed by atoms with Crippen LogP contribution in [0.15, 0.2) is 53.0 Å². The van der Waals surface area contributed by atoms with Crippen molar-refractivity contribution in [1.29, 1.82) is 0 Å². The van der Waals surface area contributed by atoms with Crippen molar-refractivity contribution in [3.63, 3.8) is 0 Å². The van der Waals surface area contributed by atoms with Crippen molar-refractivity contribution in [2.75, 3.05) is 16.8 Å². The third-order valence-corrected chi connectivity index (χ3v) is 4.77. The number of hydrogen-bond donors (Lipinski definition) is 1. The normalized spacial score (nSPS) is 15.5. The van der Waals surface area contributed by atoms with E-state index in [9.17, 15) is 9.59 Å². The molecule has 0 radical (unpaired) electrons. The highest BCUT2D eigenvalue weighted by Gasteiger charge is 2.20. The number of halogens is 1. The van der Waals surface area contributed by atoms with Crippen LogP contribution in [0.25, 0.3) is 0 Å². The van der Waals surface area contributed by atoms with Crippen molar-refractivity contribution in [3.8, 4) is 5.75 Å². The molecule has 136 valence electrons. The lowest BCUT2D eigenvalue weighted by molar-refractivity contribution is -0.122. The van der Waals surface area contributed by atoms with Crippen LogP contribution >= 0.6 is 15.9 Å². The lowest BCUT2D eigenvalue weighted by Crippen LogP contribution is -2.35. The van der Waals surface area contributed by atoms with Crippen molar-refractivity contribution >= 4 is 39.1 Å². The Morgan fingerprint density at radius 1 is 1.19 bits per heavy atom. The molecule has 0 aromatic heterocycles. The molecule has 2 aromatic rings. The second kappa shape index (κ2) is 8.36. The number of piperidine rings is 1. The Kier molecular flexibility index (Phi) is 5.93. The van der Waals surface area contributed by atoms with Crippen molar-refractivity contribution in [3.05, 3.63) is 53.0 Å². The average Bonchev–Trinajstić information content (AvgIpc) is 2.64. The lowest BCUT2D eigenvalue weighted by atomic mass is 10.1. The number of carbonyl (C=O) groups excluding carboxylic acids is 2. The van der Waals surface area contributed by atoms with Gasteiger partial charge in [-0.25, -0.2) is 0 Å². The second-order valence-electron chi connectivity index (χ2n) is 6.26. The van der Waals surface area contributed by atoms with Gasteiger partial charge in [-0.1, -0.05) is 22.0 Å². The molecule has 26 heavy (non-hydrogen) atoms. The molecule has 2 amide bonds. The summed E-state index contributed by atoms with van der Waals surface area (Å²) in [5.74, 6) is 0.519. The number of rotatable bonds is 5. The fourth-order valence-corrected chi connectivity index (χ4v) is 3.11. The summed E-state index contributed by atoms with van der Waals surface area (Å²) < 4.78 is 6.62. The molecule has 0 spiro atoms. The fourth-order valence-electron chi connectivity index (χ4n) is 2.85. The molecule has 1 atom stereocenters. The largest absolute Gasteiger partial charge is 0.481 e. The second-order valence-corrected chi connectivity index (χ2v) is 7.17. The highest BCUT2D eigenvalue weighted by Crippen LogP contribution is 2.24. The van der Waals surface area contributed by atoms with E-state index in [1.165, 1.54) is 0 Å². The van der Waals surface area contributed by atoms with Crippen LogP contribution in [0.5, 0.6) is 5.75 Å². The van der Waals surface area contributed by atoms with Gasteiger partial charge in [-0.3, -0.25) is 9.59 Å². The van der Waals surface area contributed by atoms with E-state index in [1.807, 2.05) is 36.4 Å². The molecule has 1 unspecified atom stereocenters. The van der Waals surface area contributed by atoms with E-state index in [0.29, 0.717) is 17.9 Å². The van der Waals surface area contributed by atoms with Gasteiger partial charge in [0.05, 0.1) is 0 Å². The zero-order valence-corrected chi connectivity index (χ0v) is 16.2. The molecular weight excluding hydrogens is 396 g/mol. The van der Waals surface area contributed by atoms with Crippen molar-refractivity contribution in [2.24, 2.45) is 0 Å².